The molecule has 0 bridgehead atoms. The van der Waals surface area contributed by atoms with Crippen LogP contribution in [0.15, 0.2) is 30.3 Å². The Morgan fingerprint density at radius 3 is 2.29 bits per heavy atom. The Morgan fingerprint density at radius 1 is 0.917 bits per heavy atom. The molecule has 1 aromatic carbocycles. The van der Waals surface area contributed by atoms with Crippen molar-refractivity contribution < 1.29 is 0 Å². The number of unbranched alkanes of at least 4 members (excludes halogenated alkanes) is 1. The maximum Gasteiger partial charge on any atom is 0.0461 e. The predicted molar refractivity (Wildman–Crippen MR) is 101 cm³/mol. The van der Waals surface area contributed by atoms with E-state index in [4.69, 9.17) is 0 Å². The summed E-state index contributed by atoms with van der Waals surface area (Å²) in [6, 6.07) is 11.4. The Morgan fingerprint density at radius 2 is 1.67 bits per heavy atom. The highest BCUT2D eigenvalue weighted by molar-refractivity contribution is 5.27. The van der Waals surface area contributed by atoms with Gasteiger partial charge in [-0.2, -0.15) is 0 Å². The highest BCUT2D eigenvalue weighted by Gasteiger charge is 2.49. The first-order chi connectivity index (χ1) is 11.8. The molecular formula is C22H34N2. The third kappa shape index (κ3) is 2.93. The maximum atomic E-state index is 2.79. The molecule has 1 aliphatic carbocycles. The summed E-state index contributed by atoms with van der Waals surface area (Å²) in [6.07, 6.45) is 11.2. The fourth-order valence-electron chi connectivity index (χ4n) is 5.48. The molecule has 3 fully saturated rings. The van der Waals surface area contributed by atoms with Gasteiger partial charge in [-0.05, 0) is 69.0 Å². The third-order valence-corrected chi connectivity index (χ3v) is 7.26. The molecule has 2 heteroatoms. The van der Waals surface area contributed by atoms with Crippen molar-refractivity contribution in [3.63, 3.8) is 0 Å². The van der Waals surface area contributed by atoms with Crippen molar-refractivity contribution in [2.75, 3.05) is 32.7 Å². The Balaban J connectivity index is 1.47. The van der Waals surface area contributed by atoms with Gasteiger partial charge >= 0.3 is 0 Å². The Hall–Kier alpha value is -0.860. The zero-order valence-corrected chi connectivity index (χ0v) is 15.5. The number of rotatable bonds is 5. The predicted octanol–water partition coefficient (Wildman–Crippen LogP) is 4.65. The molecule has 0 amide bonds. The summed E-state index contributed by atoms with van der Waals surface area (Å²) >= 11 is 0. The van der Waals surface area contributed by atoms with E-state index < -0.39 is 0 Å². The minimum Gasteiger partial charge on any atom is -0.303 e. The molecule has 2 heterocycles. The average molecular weight is 327 g/mol. The van der Waals surface area contributed by atoms with Crippen molar-refractivity contribution in [2.45, 2.75) is 63.8 Å². The zero-order valence-electron chi connectivity index (χ0n) is 15.5. The van der Waals surface area contributed by atoms with Gasteiger partial charge in [0.15, 0.2) is 0 Å². The van der Waals surface area contributed by atoms with Crippen LogP contribution >= 0.6 is 0 Å². The summed E-state index contributed by atoms with van der Waals surface area (Å²) in [5.41, 5.74) is 2.57. The summed E-state index contributed by atoms with van der Waals surface area (Å²) in [5, 5.41) is 0. The smallest absolute Gasteiger partial charge is 0.0461 e. The van der Waals surface area contributed by atoms with Crippen molar-refractivity contribution >= 4 is 0 Å². The fraction of sp³-hybridized carbons (Fsp3) is 0.727. The molecule has 0 unspecified atom stereocenters. The molecule has 2 saturated heterocycles. The monoisotopic (exact) mass is 326 g/mol. The highest BCUT2D eigenvalue weighted by Crippen LogP contribution is 2.53. The molecule has 2 nitrogen and oxygen atoms in total. The second-order valence-electron chi connectivity index (χ2n) is 8.62. The molecular weight excluding hydrogens is 292 g/mol. The van der Waals surface area contributed by atoms with Crippen LogP contribution in [0.1, 0.15) is 63.9 Å². The summed E-state index contributed by atoms with van der Waals surface area (Å²) in [5.74, 6) is 0. The third-order valence-electron chi connectivity index (χ3n) is 7.26. The number of nitrogens with zero attached hydrogens (tertiary/aromatic N) is 2. The zero-order chi connectivity index (χ0) is 16.5. The molecule has 0 atom stereocenters. The number of hydrogen-bond donors (Lipinski definition) is 0. The van der Waals surface area contributed by atoms with Gasteiger partial charge in [0.25, 0.3) is 0 Å². The van der Waals surface area contributed by atoms with Crippen LogP contribution in [-0.2, 0) is 5.54 Å². The van der Waals surface area contributed by atoms with Gasteiger partial charge in [-0.15, -0.1) is 0 Å². The van der Waals surface area contributed by atoms with Crippen molar-refractivity contribution in [3.8, 4) is 0 Å². The summed E-state index contributed by atoms with van der Waals surface area (Å²) in [6.45, 7) is 8.98. The topological polar surface area (TPSA) is 6.48 Å². The molecule has 1 aromatic rings. The summed E-state index contributed by atoms with van der Waals surface area (Å²) < 4.78 is 0. The maximum absolute atomic E-state index is 2.79. The lowest BCUT2D eigenvalue weighted by atomic mass is 9.63. The molecule has 3 aliphatic rings. The van der Waals surface area contributed by atoms with Gasteiger partial charge in [-0.3, -0.25) is 4.90 Å². The van der Waals surface area contributed by atoms with Crippen LogP contribution in [0.4, 0.5) is 0 Å². The van der Waals surface area contributed by atoms with Gasteiger partial charge in [-0.1, -0.05) is 43.7 Å². The minimum atomic E-state index is 0.349. The van der Waals surface area contributed by atoms with E-state index in [1.165, 1.54) is 84.1 Å². The first-order valence-electron chi connectivity index (χ1n) is 10.3. The molecule has 1 saturated carbocycles. The second kappa shape index (κ2) is 6.80. The van der Waals surface area contributed by atoms with Gasteiger partial charge in [0, 0.05) is 25.2 Å². The lowest BCUT2D eigenvalue weighted by molar-refractivity contribution is -0.0316. The van der Waals surface area contributed by atoms with Crippen LogP contribution < -0.4 is 0 Å². The van der Waals surface area contributed by atoms with Crippen LogP contribution in [0.2, 0.25) is 0 Å². The van der Waals surface area contributed by atoms with E-state index in [9.17, 15) is 0 Å². The molecule has 24 heavy (non-hydrogen) atoms. The van der Waals surface area contributed by atoms with E-state index in [0.717, 1.165) is 0 Å². The SMILES string of the molecule is CCCCN1CCC2(CCC(c3ccccc3)(N3CCC3)CC2)C1. The number of hydrogen-bond acceptors (Lipinski definition) is 2. The number of likely N-dealkylation sites (tertiary alicyclic amines) is 2. The van der Waals surface area contributed by atoms with Gasteiger partial charge in [0.2, 0.25) is 0 Å². The van der Waals surface area contributed by atoms with Gasteiger partial charge in [0.1, 0.15) is 0 Å². The Kier molecular flexibility index (Phi) is 4.70. The Labute approximate surface area is 148 Å². The molecule has 4 rings (SSSR count). The van der Waals surface area contributed by atoms with E-state index >= 15 is 0 Å². The summed E-state index contributed by atoms with van der Waals surface area (Å²) in [4.78, 5) is 5.54. The lowest BCUT2D eigenvalue weighted by Gasteiger charge is -2.54. The molecule has 2 aliphatic heterocycles. The standard InChI is InChI=1S/C22H34N2/c1-2-3-15-23-18-14-21(19-23)10-12-22(13-11-21,24-16-7-17-24)20-8-5-4-6-9-20/h4-6,8-9H,2-3,7,10-19H2,1H3. The molecule has 0 radical (unpaired) electrons. The van der Waals surface area contributed by atoms with E-state index in [1.54, 1.807) is 5.56 Å². The first-order valence-corrected chi connectivity index (χ1v) is 10.3. The van der Waals surface area contributed by atoms with E-state index in [1.807, 2.05) is 0 Å². The quantitative estimate of drug-likeness (QED) is 0.777. The van der Waals surface area contributed by atoms with Crippen LogP contribution in [0.25, 0.3) is 0 Å². The fourth-order valence-corrected chi connectivity index (χ4v) is 5.48. The van der Waals surface area contributed by atoms with Crippen molar-refractivity contribution in [1.29, 1.82) is 0 Å². The van der Waals surface area contributed by atoms with Crippen molar-refractivity contribution in [1.82, 2.24) is 9.80 Å². The van der Waals surface area contributed by atoms with Crippen LogP contribution in [0.5, 0.6) is 0 Å². The second-order valence-corrected chi connectivity index (χ2v) is 8.62. The summed E-state index contributed by atoms with van der Waals surface area (Å²) in [7, 11) is 0. The van der Waals surface area contributed by atoms with Crippen LogP contribution in [-0.4, -0.2) is 42.5 Å². The largest absolute Gasteiger partial charge is 0.303 e. The van der Waals surface area contributed by atoms with E-state index in [0.29, 0.717) is 11.0 Å². The average Bonchev–Trinajstić information content (AvgIpc) is 2.98. The van der Waals surface area contributed by atoms with Gasteiger partial charge in [-0.25, -0.2) is 0 Å². The van der Waals surface area contributed by atoms with E-state index in [2.05, 4.69) is 47.1 Å². The highest BCUT2D eigenvalue weighted by atomic mass is 15.2. The Bertz CT molecular complexity index is 526. The first kappa shape index (κ1) is 16.6. The molecule has 132 valence electrons. The molecule has 0 aromatic heterocycles. The minimum absolute atomic E-state index is 0.349. The van der Waals surface area contributed by atoms with Gasteiger partial charge in [0.05, 0.1) is 0 Å². The van der Waals surface area contributed by atoms with Crippen LogP contribution in [0.3, 0.4) is 0 Å². The van der Waals surface area contributed by atoms with Crippen molar-refractivity contribution in [3.05, 3.63) is 35.9 Å². The molecule has 0 N–H and O–H groups in total. The van der Waals surface area contributed by atoms with Crippen LogP contribution in [0, 0.1) is 5.41 Å². The van der Waals surface area contributed by atoms with E-state index in [-0.39, 0.29) is 0 Å². The van der Waals surface area contributed by atoms with Gasteiger partial charge < -0.3 is 4.90 Å². The molecule has 1 spiro atoms. The van der Waals surface area contributed by atoms with Crippen molar-refractivity contribution in [2.24, 2.45) is 5.41 Å². The lowest BCUT2D eigenvalue weighted by Crippen LogP contribution is -2.56. The number of benzene rings is 1. The normalized spacial score (nSPS) is 34.5.